The van der Waals surface area contributed by atoms with Crippen molar-refractivity contribution in [2.24, 2.45) is 5.92 Å². The van der Waals surface area contributed by atoms with Gasteiger partial charge in [-0.2, -0.15) is 0 Å². The number of rotatable bonds is 7. The highest BCUT2D eigenvalue weighted by Gasteiger charge is 2.11. The lowest BCUT2D eigenvalue weighted by atomic mass is 10.2. The minimum Gasteiger partial charge on any atom is -0.370 e. The first-order valence-electron chi connectivity index (χ1n) is 6.06. The molecule has 5 nitrogen and oxygen atoms in total. The number of nitro groups is 1. The molecule has 0 fully saturated rings. The molecule has 0 aliphatic carbocycles. The normalized spacial score (nSPS) is 10.7. The molecule has 0 amide bonds. The zero-order valence-corrected chi connectivity index (χ0v) is 11.8. The first-order valence-corrected chi connectivity index (χ1v) is 7.04. The van der Waals surface area contributed by atoms with E-state index in [1.54, 1.807) is 11.8 Å². The summed E-state index contributed by atoms with van der Waals surface area (Å²) in [6.45, 7) is 6.95. The maximum Gasteiger partial charge on any atom is 0.275 e. The van der Waals surface area contributed by atoms with Gasteiger partial charge < -0.3 is 5.32 Å². The smallest absolute Gasteiger partial charge is 0.275 e. The molecular weight excluding hydrogens is 250 g/mol. The van der Waals surface area contributed by atoms with Gasteiger partial charge in [0.2, 0.25) is 0 Å². The molecule has 0 unspecified atom stereocenters. The molecule has 1 N–H and O–H groups in total. The van der Waals surface area contributed by atoms with E-state index in [1.807, 2.05) is 6.92 Å². The van der Waals surface area contributed by atoms with E-state index in [1.165, 1.54) is 12.1 Å². The van der Waals surface area contributed by atoms with Gasteiger partial charge in [-0.25, -0.2) is 4.98 Å². The number of pyridine rings is 1. The van der Waals surface area contributed by atoms with E-state index < -0.39 is 0 Å². The largest absolute Gasteiger partial charge is 0.370 e. The Morgan fingerprint density at radius 2 is 2.22 bits per heavy atom. The summed E-state index contributed by atoms with van der Waals surface area (Å²) >= 11 is 1.56. The van der Waals surface area contributed by atoms with Gasteiger partial charge >= 0.3 is 0 Å². The Labute approximate surface area is 112 Å². The molecule has 0 spiro atoms. The second-order valence-electron chi connectivity index (χ2n) is 4.37. The van der Waals surface area contributed by atoms with Crippen LogP contribution >= 0.6 is 11.8 Å². The van der Waals surface area contributed by atoms with Crippen molar-refractivity contribution < 1.29 is 4.92 Å². The van der Waals surface area contributed by atoms with Gasteiger partial charge in [0.1, 0.15) is 10.8 Å². The topological polar surface area (TPSA) is 68.1 Å². The average molecular weight is 269 g/mol. The van der Waals surface area contributed by atoms with Gasteiger partial charge in [-0.1, -0.05) is 13.8 Å². The van der Waals surface area contributed by atoms with Crippen LogP contribution in [0.2, 0.25) is 0 Å². The molecule has 0 atom stereocenters. The summed E-state index contributed by atoms with van der Waals surface area (Å²) in [5.74, 6) is 2.13. The average Bonchev–Trinajstić information content (AvgIpc) is 2.28. The van der Waals surface area contributed by atoms with E-state index in [-0.39, 0.29) is 10.6 Å². The Hall–Kier alpha value is -1.30. The standard InChI is InChI=1S/C12H19N3O2S/c1-4-13-11-7-10(15(16)17)8-12(14-11)18-6-5-9(2)3/h7-9H,4-6H2,1-3H3,(H,13,14). The molecule has 1 heterocycles. The molecule has 18 heavy (non-hydrogen) atoms. The van der Waals surface area contributed by atoms with Crippen molar-refractivity contribution in [2.45, 2.75) is 32.2 Å². The second kappa shape index (κ2) is 7.20. The fraction of sp³-hybridized carbons (Fsp3) is 0.583. The van der Waals surface area contributed by atoms with Crippen LogP contribution in [-0.4, -0.2) is 22.2 Å². The Kier molecular flexibility index (Phi) is 5.91. The summed E-state index contributed by atoms with van der Waals surface area (Å²) in [7, 11) is 0. The molecule has 0 saturated heterocycles. The number of nitrogens with zero attached hydrogens (tertiary/aromatic N) is 2. The van der Waals surface area contributed by atoms with Crippen molar-refractivity contribution in [3.63, 3.8) is 0 Å². The fourth-order valence-electron chi connectivity index (χ4n) is 1.34. The van der Waals surface area contributed by atoms with Gasteiger partial charge in [-0.3, -0.25) is 10.1 Å². The van der Waals surface area contributed by atoms with Crippen LogP contribution in [0, 0.1) is 16.0 Å². The van der Waals surface area contributed by atoms with Gasteiger partial charge in [0, 0.05) is 12.6 Å². The van der Waals surface area contributed by atoms with Gasteiger partial charge in [-0.15, -0.1) is 11.8 Å². The summed E-state index contributed by atoms with van der Waals surface area (Å²) in [5, 5.41) is 14.6. The van der Waals surface area contributed by atoms with E-state index in [0.717, 1.165) is 12.2 Å². The minimum absolute atomic E-state index is 0.0907. The Morgan fingerprint density at radius 3 is 2.78 bits per heavy atom. The molecule has 0 aliphatic rings. The number of thioether (sulfide) groups is 1. The third-order valence-electron chi connectivity index (χ3n) is 2.30. The molecule has 0 aliphatic heterocycles. The Morgan fingerprint density at radius 1 is 1.50 bits per heavy atom. The summed E-state index contributed by atoms with van der Waals surface area (Å²) < 4.78 is 0. The molecule has 6 heteroatoms. The number of anilines is 1. The van der Waals surface area contributed by atoms with Crippen molar-refractivity contribution in [1.29, 1.82) is 0 Å². The molecule has 100 valence electrons. The monoisotopic (exact) mass is 269 g/mol. The maximum atomic E-state index is 10.8. The van der Waals surface area contributed by atoms with Crippen LogP contribution < -0.4 is 5.32 Å². The van der Waals surface area contributed by atoms with Gasteiger partial charge in [-0.05, 0) is 25.0 Å². The first kappa shape index (κ1) is 14.8. The van der Waals surface area contributed by atoms with E-state index in [9.17, 15) is 10.1 Å². The van der Waals surface area contributed by atoms with Crippen LogP contribution in [-0.2, 0) is 0 Å². The number of nitrogens with one attached hydrogen (secondary N) is 1. The van der Waals surface area contributed by atoms with Crippen molar-refractivity contribution in [3.8, 4) is 0 Å². The van der Waals surface area contributed by atoms with Gasteiger partial charge in [0.05, 0.1) is 11.0 Å². The van der Waals surface area contributed by atoms with Crippen LogP contribution in [0.25, 0.3) is 0 Å². The number of hydrogen-bond acceptors (Lipinski definition) is 5. The zero-order chi connectivity index (χ0) is 13.5. The molecule has 0 bridgehead atoms. The predicted molar refractivity (Wildman–Crippen MR) is 75.2 cm³/mol. The molecule has 0 radical (unpaired) electrons. The first-order chi connectivity index (χ1) is 8.52. The van der Waals surface area contributed by atoms with Crippen molar-refractivity contribution in [3.05, 3.63) is 22.2 Å². The van der Waals surface area contributed by atoms with Crippen LogP contribution in [0.3, 0.4) is 0 Å². The molecule has 0 saturated carbocycles. The van der Waals surface area contributed by atoms with Crippen LogP contribution in [0.1, 0.15) is 27.2 Å². The molecular formula is C12H19N3O2S. The Bertz CT molecular complexity index is 410. The predicted octanol–water partition coefficient (Wildman–Crippen LogP) is 3.56. The summed E-state index contributed by atoms with van der Waals surface area (Å²) in [5.41, 5.74) is 0.0907. The Balaban J connectivity index is 2.79. The summed E-state index contributed by atoms with van der Waals surface area (Å²) in [6.07, 6.45) is 1.07. The second-order valence-corrected chi connectivity index (χ2v) is 5.48. The van der Waals surface area contributed by atoms with E-state index >= 15 is 0 Å². The third kappa shape index (κ3) is 4.91. The van der Waals surface area contributed by atoms with Crippen LogP contribution in [0.15, 0.2) is 17.2 Å². The molecule has 1 rings (SSSR count). The highest BCUT2D eigenvalue weighted by molar-refractivity contribution is 7.99. The quantitative estimate of drug-likeness (QED) is 0.465. The lowest BCUT2D eigenvalue weighted by Crippen LogP contribution is -2.01. The lowest BCUT2D eigenvalue weighted by Gasteiger charge is -2.07. The zero-order valence-electron chi connectivity index (χ0n) is 11.0. The van der Waals surface area contributed by atoms with Crippen molar-refractivity contribution in [1.82, 2.24) is 4.98 Å². The molecule has 1 aromatic heterocycles. The highest BCUT2D eigenvalue weighted by Crippen LogP contribution is 2.25. The highest BCUT2D eigenvalue weighted by atomic mass is 32.2. The van der Waals surface area contributed by atoms with E-state index in [2.05, 4.69) is 24.1 Å². The summed E-state index contributed by atoms with van der Waals surface area (Å²) in [6, 6.07) is 3.00. The fourth-order valence-corrected chi connectivity index (χ4v) is 2.51. The van der Waals surface area contributed by atoms with E-state index in [0.29, 0.717) is 23.3 Å². The molecule has 1 aromatic rings. The van der Waals surface area contributed by atoms with Gasteiger partial charge in [0.15, 0.2) is 0 Å². The third-order valence-corrected chi connectivity index (χ3v) is 3.25. The van der Waals surface area contributed by atoms with E-state index in [4.69, 9.17) is 0 Å². The number of aromatic nitrogens is 1. The van der Waals surface area contributed by atoms with Gasteiger partial charge in [0.25, 0.3) is 5.69 Å². The van der Waals surface area contributed by atoms with Crippen molar-refractivity contribution >= 4 is 23.3 Å². The number of hydrogen-bond donors (Lipinski definition) is 1. The SMILES string of the molecule is CCNc1cc([N+](=O)[O-])cc(SCCC(C)C)n1. The summed E-state index contributed by atoms with van der Waals surface area (Å²) in [4.78, 5) is 14.8. The lowest BCUT2D eigenvalue weighted by molar-refractivity contribution is -0.385. The maximum absolute atomic E-state index is 10.8. The van der Waals surface area contributed by atoms with Crippen LogP contribution in [0.4, 0.5) is 11.5 Å². The van der Waals surface area contributed by atoms with Crippen molar-refractivity contribution in [2.75, 3.05) is 17.6 Å². The van der Waals surface area contributed by atoms with Crippen LogP contribution in [0.5, 0.6) is 0 Å². The minimum atomic E-state index is -0.380. The molecule has 0 aromatic carbocycles.